The van der Waals surface area contributed by atoms with E-state index in [9.17, 15) is 14.9 Å². The van der Waals surface area contributed by atoms with Crippen LogP contribution in [-0.2, 0) is 27.3 Å². The van der Waals surface area contributed by atoms with E-state index in [-0.39, 0.29) is 12.3 Å². The zero-order valence-electron chi connectivity index (χ0n) is 9.21. The Morgan fingerprint density at radius 2 is 2.29 bits per heavy atom. The van der Waals surface area contributed by atoms with Crippen LogP contribution in [-0.4, -0.2) is 24.1 Å². The smallest absolute Gasteiger partial charge is 0.335 e. The number of non-ortho nitro benzene ring substituents is 1. The lowest BCUT2D eigenvalue weighted by Crippen LogP contribution is -2.31. The summed E-state index contributed by atoms with van der Waals surface area (Å²) in [6, 6.07) is 4.56. The molecule has 6 heteroatoms. The molecule has 1 aliphatic heterocycles. The summed E-state index contributed by atoms with van der Waals surface area (Å²) < 4.78 is 9.89. The second kappa shape index (κ2) is 4.50. The number of carbonyl (C=O) groups excluding carboxylic acids is 1. The number of esters is 1. The molecule has 1 aromatic carbocycles. The number of hydrogen-bond donors (Lipinski definition) is 0. The topological polar surface area (TPSA) is 78.7 Å². The molecule has 0 amide bonds. The van der Waals surface area contributed by atoms with Crippen LogP contribution in [0.4, 0.5) is 5.69 Å². The van der Waals surface area contributed by atoms with Crippen LogP contribution in [0.2, 0.25) is 0 Å². The molecule has 6 nitrogen and oxygen atoms in total. The van der Waals surface area contributed by atoms with E-state index in [0.29, 0.717) is 6.42 Å². The largest absolute Gasteiger partial charge is 0.467 e. The van der Waals surface area contributed by atoms with E-state index in [4.69, 9.17) is 4.74 Å². The van der Waals surface area contributed by atoms with Gasteiger partial charge in [0.2, 0.25) is 0 Å². The Hall–Kier alpha value is -1.95. The van der Waals surface area contributed by atoms with Crippen LogP contribution < -0.4 is 0 Å². The fourth-order valence-electron chi connectivity index (χ4n) is 1.79. The second-order valence-corrected chi connectivity index (χ2v) is 3.74. The molecule has 0 saturated heterocycles. The molecule has 0 unspecified atom stereocenters. The van der Waals surface area contributed by atoms with Gasteiger partial charge in [-0.05, 0) is 11.1 Å². The summed E-state index contributed by atoms with van der Waals surface area (Å²) in [6.45, 7) is 0.191. The van der Waals surface area contributed by atoms with Gasteiger partial charge in [0, 0.05) is 18.6 Å². The average molecular weight is 237 g/mol. The number of rotatable bonds is 2. The molecule has 0 spiro atoms. The summed E-state index contributed by atoms with van der Waals surface area (Å²) in [7, 11) is 1.30. The lowest BCUT2D eigenvalue weighted by Gasteiger charge is -2.22. The van der Waals surface area contributed by atoms with Crippen LogP contribution in [0.25, 0.3) is 0 Å². The first kappa shape index (κ1) is 11.5. The number of methoxy groups -OCH3 is 1. The standard InChI is InChI=1S/C11H11NO5/c1-16-11(13)10-5-7-2-3-9(12(14)15)4-8(7)6-17-10/h2-4,10H,5-6H2,1H3/t10-/m0/s1. The fraction of sp³-hybridized carbons (Fsp3) is 0.364. The van der Waals surface area contributed by atoms with Crippen LogP contribution in [0, 0.1) is 10.1 Å². The summed E-state index contributed by atoms with van der Waals surface area (Å²) in [5.74, 6) is -0.422. The molecule has 0 N–H and O–H groups in total. The predicted molar refractivity (Wildman–Crippen MR) is 57.4 cm³/mol. The lowest BCUT2D eigenvalue weighted by atomic mass is 9.98. The number of fused-ring (bicyclic) bond motifs is 1. The first-order valence-electron chi connectivity index (χ1n) is 5.07. The van der Waals surface area contributed by atoms with Gasteiger partial charge in [0.25, 0.3) is 5.69 Å². The van der Waals surface area contributed by atoms with Crippen molar-refractivity contribution in [3.05, 3.63) is 39.4 Å². The number of carbonyl (C=O) groups is 1. The van der Waals surface area contributed by atoms with Crippen molar-refractivity contribution in [3.8, 4) is 0 Å². The molecule has 1 heterocycles. The molecule has 90 valence electrons. The molecule has 0 aromatic heterocycles. The Bertz CT molecular complexity index is 471. The van der Waals surface area contributed by atoms with Crippen LogP contribution in [0.15, 0.2) is 18.2 Å². The molecule has 0 aliphatic carbocycles. The Morgan fingerprint density at radius 1 is 1.53 bits per heavy atom. The number of hydrogen-bond acceptors (Lipinski definition) is 5. The van der Waals surface area contributed by atoms with Gasteiger partial charge in [-0.25, -0.2) is 4.79 Å². The molecular formula is C11H11NO5. The van der Waals surface area contributed by atoms with Gasteiger partial charge in [-0.1, -0.05) is 6.07 Å². The third kappa shape index (κ3) is 2.26. The molecule has 1 atom stereocenters. The molecule has 1 aromatic rings. The summed E-state index contributed by atoms with van der Waals surface area (Å²) in [4.78, 5) is 21.4. The normalized spacial score (nSPS) is 18.3. The van der Waals surface area contributed by atoms with Gasteiger partial charge >= 0.3 is 5.97 Å². The van der Waals surface area contributed by atoms with E-state index in [1.54, 1.807) is 6.07 Å². The Labute approximate surface area is 97.3 Å². The highest BCUT2D eigenvalue weighted by atomic mass is 16.6. The van der Waals surface area contributed by atoms with Gasteiger partial charge in [-0.3, -0.25) is 10.1 Å². The van der Waals surface area contributed by atoms with Gasteiger partial charge in [0.05, 0.1) is 18.6 Å². The van der Waals surface area contributed by atoms with Crippen molar-refractivity contribution in [2.24, 2.45) is 0 Å². The number of benzene rings is 1. The maximum absolute atomic E-state index is 11.3. The van der Waals surface area contributed by atoms with Crippen molar-refractivity contribution in [3.63, 3.8) is 0 Å². The minimum Gasteiger partial charge on any atom is -0.467 e. The van der Waals surface area contributed by atoms with Gasteiger partial charge in [-0.15, -0.1) is 0 Å². The highest BCUT2D eigenvalue weighted by Crippen LogP contribution is 2.25. The number of nitro groups is 1. The van der Waals surface area contributed by atoms with Crippen LogP contribution in [0.1, 0.15) is 11.1 Å². The highest BCUT2D eigenvalue weighted by molar-refractivity contribution is 5.75. The third-order valence-corrected chi connectivity index (χ3v) is 2.71. The highest BCUT2D eigenvalue weighted by Gasteiger charge is 2.27. The van der Waals surface area contributed by atoms with Gasteiger partial charge in [-0.2, -0.15) is 0 Å². The fourth-order valence-corrected chi connectivity index (χ4v) is 1.79. The summed E-state index contributed by atoms with van der Waals surface area (Å²) >= 11 is 0. The molecule has 0 radical (unpaired) electrons. The molecule has 1 aliphatic rings. The summed E-state index contributed by atoms with van der Waals surface area (Å²) in [5, 5.41) is 10.6. The quantitative estimate of drug-likeness (QED) is 0.439. The molecule has 0 saturated carbocycles. The lowest BCUT2D eigenvalue weighted by molar-refractivity contribution is -0.385. The van der Waals surface area contributed by atoms with Crippen molar-refractivity contribution in [2.45, 2.75) is 19.1 Å². The number of nitrogens with zero attached hydrogens (tertiary/aromatic N) is 1. The predicted octanol–water partition coefficient (Wildman–Crippen LogP) is 1.21. The molecular weight excluding hydrogens is 226 g/mol. The number of ether oxygens (including phenoxy) is 2. The van der Waals surface area contributed by atoms with Crippen molar-refractivity contribution in [1.82, 2.24) is 0 Å². The third-order valence-electron chi connectivity index (χ3n) is 2.71. The SMILES string of the molecule is COC(=O)[C@@H]1Cc2ccc([N+](=O)[O-])cc2CO1. The first-order valence-corrected chi connectivity index (χ1v) is 5.07. The maximum Gasteiger partial charge on any atom is 0.335 e. The summed E-state index contributed by atoms with van der Waals surface area (Å²) in [5.41, 5.74) is 1.67. The van der Waals surface area contributed by atoms with E-state index in [1.807, 2.05) is 0 Å². The van der Waals surface area contributed by atoms with Crippen LogP contribution >= 0.6 is 0 Å². The first-order chi connectivity index (χ1) is 8.11. The van der Waals surface area contributed by atoms with Gasteiger partial charge in [0.15, 0.2) is 6.10 Å². The van der Waals surface area contributed by atoms with Gasteiger partial charge < -0.3 is 9.47 Å². The van der Waals surface area contributed by atoms with Crippen molar-refractivity contribution < 1.29 is 19.2 Å². The summed E-state index contributed by atoms with van der Waals surface area (Å²) in [6.07, 6.45) is -0.228. The molecule has 2 rings (SSSR count). The van der Waals surface area contributed by atoms with Crippen molar-refractivity contribution in [2.75, 3.05) is 7.11 Å². The van der Waals surface area contributed by atoms with Crippen molar-refractivity contribution >= 4 is 11.7 Å². The molecule has 17 heavy (non-hydrogen) atoms. The zero-order valence-corrected chi connectivity index (χ0v) is 9.21. The average Bonchev–Trinajstić information content (AvgIpc) is 2.36. The van der Waals surface area contributed by atoms with E-state index in [1.165, 1.54) is 19.2 Å². The number of nitro benzene ring substituents is 1. The Kier molecular flexibility index (Phi) is 3.06. The molecule has 0 bridgehead atoms. The Balaban J connectivity index is 2.23. The van der Waals surface area contributed by atoms with Gasteiger partial charge in [0.1, 0.15) is 0 Å². The Morgan fingerprint density at radius 3 is 2.94 bits per heavy atom. The van der Waals surface area contributed by atoms with E-state index < -0.39 is 17.0 Å². The zero-order chi connectivity index (χ0) is 12.4. The van der Waals surface area contributed by atoms with Crippen molar-refractivity contribution in [1.29, 1.82) is 0 Å². The van der Waals surface area contributed by atoms with E-state index in [0.717, 1.165) is 11.1 Å². The van der Waals surface area contributed by atoms with Crippen LogP contribution in [0.5, 0.6) is 0 Å². The minimum absolute atomic E-state index is 0.0314. The van der Waals surface area contributed by atoms with E-state index in [2.05, 4.69) is 4.74 Å². The maximum atomic E-state index is 11.3. The molecule has 0 fully saturated rings. The second-order valence-electron chi connectivity index (χ2n) is 3.74. The minimum atomic E-state index is -0.617. The van der Waals surface area contributed by atoms with E-state index >= 15 is 0 Å². The monoisotopic (exact) mass is 237 g/mol. The van der Waals surface area contributed by atoms with Crippen LogP contribution in [0.3, 0.4) is 0 Å².